The van der Waals surface area contributed by atoms with E-state index in [2.05, 4.69) is 29.1 Å². The molecule has 1 N–H and O–H groups in total. The van der Waals surface area contributed by atoms with E-state index in [1.165, 1.54) is 6.42 Å². The minimum atomic E-state index is 0.340. The van der Waals surface area contributed by atoms with Crippen molar-refractivity contribution in [1.82, 2.24) is 15.1 Å². The molecule has 98 valence electrons. The largest absolute Gasteiger partial charge is 0.339 e. The van der Waals surface area contributed by atoms with Crippen molar-refractivity contribution in [2.75, 3.05) is 33.2 Å². The summed E-state index contributed by atoms with van der Waals surface area (Å²) in [5, 5.41) is 3.41. The predicted octanol–water partition coefficient (Wildman–Crippen LogP) is 0.681. The van der Waals surface area contributed by atoms with Crippen molar-refractivity contribution in [3.8, 4) is 0 Å². The normalized spacial score (nSPS) is 31.5. The molecule has 0 bridgehead atoms. The summed E-state index contributed by atoms with van der Waals surface area (Å²) in [6.07, 6.45) is 4.17. The average Bonchev–Trinajstić information content (AvgIpc) is 2.70. The molecular weight excluding hydrogens is 214 g/mol. The summed E-state index contributed by atoms with van der Waals surface area (Å²) < 4.78 is 0. The molecule has 17 heavy (non-hydrogen) atoms. The fourth-order valence-corrected chi connectivity index (χ4v) is 3.00. The molecule has 2 rings (SSSR count). The van der Waals surface area contributed by atoms with Gasteiger partial charge in [0.15, 0.2) is 0 Å². The van der Waals surface area contributed by atoms with Crippen LogP contribution in [0.5, 0.6) is 0 Å². The average molecular weight is 239 g/mol. The van der Waals surface area contributed by atoms with Gasteiger partial charge in [0.1, 0.15) is 0 Å². The van der Waals surface area contributed by atoms with Crippen LogP contribution >= 0.6 is 0 Å². The third-order valence-corrected chi connectivity index (χ3v) is 3.95. The lowest BCUT2D eigenvalue weighted by Gasteiger charge is -2.29. The van der Waals surface area contributed by atoms with Crippen LogP contribution in [0, 0.1) is 0 Å². The van der Waals surface area contributed by atoms with Crippen LogP contribution < -0.4 is 5.32 Å². The van der Waals surface area contributed by atoms with Gasteiger partial charge in [0.2, 0.25) is 5.91 Å². The Balaban J connectivity index is 1.88. The van der Waals surface area contributed by atoms with E-state index >= 15 is 0 Å². The molecule has 2 aliphatic heterocycles. The second-order valence-corrected chi connectivity index (χ2v) is 5.55. The number of hydrogen-bond acceptors (Lipinski definition) is 3. The molecule has 2 unspecified atom stereocenters. The van der Waals surface area contributed by atoms with E-state index in [0.717, 1.165) is 39.0 Å². The number of rotatable bonds is 2. The number of likely N-dealkylation sites (N-methyl/N-ethyl adjacent to an activating group) is 1. The zero-order valence-electron chi connectivity index (χ0n) is 11.1. The molecule has 0 aromatic heterocycles. The van der Waals surface area contributed by atoms with Crippen molar-refractivity contribution >= 4 is 5.91 Å². The number of nitrogens with zero attached hydrogens (tertiary/aromatic N) is 2. The van der Waals surface area contributed by atoms with E-state index in [4.69, 9.17) is 0 Å². The lowest BCUT2D eigenvalue weighted by atomic mass is 10.1. The number of hydrogen-bond donors (Lipinski definition) is 1. The highest BCUT2D eigenvalue weighted by Crippen LogP contribution is 2.14. The summed E-state index contributed by atoms with van der Waals surface area (Å²) in [6, 6.07) is 0.784. The monoisotopic (exact) mass is 239 g/mol. The standard InChI is InChI=1S/C13H25N3O/c1-11-10-15(2)7-4-8-16(11)13(17)9-12-5-3-6-14-12/h11-12,14H,3-10H2,1-2H3. The van der Waals surface area contributed by atoms with Crippen molar-refractivity contribution in [2.45, 2.75) is 44.7 Å². The minimum absolute atomic E-state index is 0.340. The molecule has 0 aliphatic carbocycles. The fourth-order valence-electron chi connectivity index (χ4n) is 3.00. The Morgan fingerprint density at radius 3 is 2.88 bits per heavy atom. The third-order valence-electron chi connectivity index (χ3n) is 3.95. The summed E-state index contributed by atoms with van der Waals surface area (Å²) >= 11 is 0. The summed E-state index contributed by atoms with van der Waals surface area (Å²) in [6.45, 7) is 6.29. The Bertz CT molecular complexity index is 263. The number of carbonyl (C=O) groups is 1. The maximum atomic E-state index is 12.3. The highest BCUT2D eigenvalue weighted by molar-refractivity contribution is 5.77. The molecule has 0 spiro atoms. The summed E-state index contributed by atoms with van der Waals surface area (Å²) in [5.41, 5.74) is 0. The van der Waals surface area contributed by atoms with Crippen LogP contribution in [-0.2, 0) is 4.79 Å². The van der Waals surface area contributed by atoms with Gasteiger partial charge in [0.05, 0.1) is 0 Å². The van der Waals surface area contributed by atoms with Gasteiger partial charge in [-0.2, -0.15) is 0 Å². The molecule has 0 radical (unpaired) electrons. The van der Waals surface area contributed by atoms with Gasteiger partial charge < -0.3 is 15.1 Å². The number of nitrogens with one attached hydrogen (secondary N) is 1. The van der Waals surface area contributed by atoms with Crippen molar-refractivity contribution in [3.63, 3.8) is 0 Å². The Labute approximate surface area is 104 Å². The van der Waals surface area contributed by atoms with Gasteiger partial charge >= 0.3 is 0 Å². The molecule has 2 fully saturated rings. The molecule has 0 aromatic carbocycles. The van der Waals surface area contributed by atoms with Crippen molar-refractivity contribution in [3.05, 3.63) is 0 Å². The van der Waals surface area contributed by atoms with Crippen molar-refractivity contribution in [2.24, 2.45) is 0 Å². The predicted molar refractivity (Wildman–Crippen MR) is 68.9 cm³/mol. The molecule has 0 saturated carbocycles. The molecule has 4 nitrogen and oxygen atoms in total. The van der Waals surface area contributed by atoms with Gasteiger partial charge in [0.25, 0.3) is 0 Å². The maximum absolute atomic E-state index is 12.3. The lowest BCUT2D eigenvalue weighted by molar-refractivity contribution is -0.133. The van der Waals surface area contributed by atoms with Crippen molar-refractivity contribution in [1.29, 1.82) is 0 Å². The molecule has 2 atom stereocenters. The Hall–Kier alpha value is -0.610. The first-order valence-electron chi connectivity index (χ1n) is 6.88. The molecule has 2 saturated heterocycles. The zero-order valence-corrected chi connectivity index (χ0v) is 11.1. The van der Waals surface area contributed by atoms with Crippen LogP contribution in [-0.4, -0.2) is 61.0 Å². The van der Waals surface area contributed by atoms with Crippen LogP contribution in [0.15, 0.2) is 0 Å². The van der Waals surface area contributed by atoms with E-state index in [1.807, 2.05) is 0 Å². The minimum Gasteiger partial charge on any atom is -0.339 e. The first-order chi connectivity index (χ1) is 8.16. The smallest absolute Gasteiger partial charge is 0.224 e. The molecule has 2 aliphatic rings. The molecule has 2 heterocycles. The van der Waals surface area contributed by atoms with E-state index in [9.17, 15) is 4.79 Å². The quantitative estimate of drug-likeness (QED) is 0.770. The highest BCUT2D eigenvalue weighted by Gasteiger charge is 2.26. The molecule has 1 amide bonds. The van der Waals surface area contributed by atoms with Crippen LogP contribution in [0.3, 0.4) is 0 Å². The van der Waals surface area contributed by atoms with Gasteiger partial charge in [-0.15, -0.1) is 0 Å². The van der Waals surface area contributed by atoms with Gasteiger partial charge in [-0.1, -0.05) is 0 Å². The Kier molecular flexibility index (Phi) is 4.40. The van der Waals surface area contributed by atoms with E-state index in [-0.39, 0.29) is 0 Å². The molecular formula is C13H25N3O. The van der Waals surface area contributed by atoms with Crippen LogP contribution in [0.2, 0.25) is 0 Å². The SMILES string of the molecule is CC1CN(C)CCCN1C(=O)CC1CCCN1. The topological polar surface area (TPSA) is 35.6 Å². The first-order valence-corrected chi connectivity index (χ1v) is 6.88. The van der Waals surface area contributed by atoms with Crippen LogP contribution in [0.4, 0.5) is 0 Å². The summed E-state index contributed by atoms with van der Waals surface area (Å²) in [5.74, 6) is 0.340. The summed E-state index contributed by atoms with van der Waals surface area (Å²) in [7, 11) is 2.14. The Morgan fingerprint density at radius 1 is 1.35 bits per heavy atom. The van der Waals surface area contributed by atoms with E-state index < -0.39 is 0 Å². The Morgan fingerprint density at radius 2 is 2.18 bits per heavy atom. The van der Waals surface area contributed by atoms with E-state index in [1.54, 1.807) is 0 Å². The number of amides is 1. The van der Waals surface area contributed by atoms with Crippen LogP contribution in [0.1, 0.15) is 32.6 Å². The zero-order chi connectivity index (χ0) is 12.3. The van der Waals surface area contributed by atoms with Gasteiger partial charge in [0, 0.05) is 31.6 Å². The van der Waals surface area contributed by atoms with Gasteiger partial charge in [-0.3, -0.25) is 4.79 Å². The second kappa shape index (κ2) is 5.83. The van der Waals surface area contributed by atoms with Crippen LogP contribution in [0.25, 0.3) is 0 Å². The van der Waals surface area contributed by atoms with Crippen molar-refractivity contribution < 1.29 is 4.79 Å². The molecule has 4 heteroatoms. The fraction of sp³-hybridized carbons (Fsp3) is 0.923. The lowest BCUT2D eigenvalue weighted by Crippen LogP contribution is -2.43. The first kappa shape index (κ1) is 12.8. The number of carbonyl (C=O) groups excluding carboxylic acids is 1. The molecule has 0 aromatic rings. The van der Waals surface area contributed by atoms with Gasteiger partial charge in [-0.25, -0.2) is 0 Å². The second-order valence-electron chi connectivity index (χ2n) is 5.55. The summed E-state index contributed by atoms with van der Waals surface area (Å²) in [4.78, 5) is 16.7. The van der Waals surface area contributed by atoms with Gasteiger partial charge in [-0.05, 0) is 46.3 Å². The highest BCUT2D eigenvalue weighted by atomic mass is 16.2. The third kappa shape index (κ3) is 3.42. The van der Waals surface area contributed by atoms with E-state index in [0.29, 0.717) is 24.4 Å². The maximum Gasteiger partial charge on any atom is 0.224 e.